The number of amides is 2. The van der Waals surface area contributed by atoms with Crippen LogP contribution in [-0.2, 0) is 9.59 Å². The lowest BCUT2D eigenvalue weighted by atomic mass is 10.1. The van der Waals surface area contributed by atoms with Crippen LogP contribution < -0.4 is 5.32 Å². The van der Waals surface area contributed by atoms with Gasteiger partial charge in [-0.05, 0) is 18.6 Å². The Morgan fingerprint density at radius 1 is 1.24 bits per heavy atom. The van der Waals surface area contributed by atoms with Gasteiger partial charge in [-0.15, -0.1) is 0 Å². The lowest BCUT2D eigenvalue weighted by Crippen LogP contribution is -2.46. The van der Waals surface area contributed by atoms with Crippen LogP contribution in [0.2, 0.25) is 0 Å². The molecule has 136 valence electrons. The Kier molecular flexibility index (Phi) is 7.98. The van der Waals surface area contributed by atoms with E-state index in [1.807, 2.05) is 30.3 Å². The molecule has 0 radical (unpaired) electrons. The van der Waals surface area contributed by atoms with Crippen molar-refractivity contribution in [3.8, 4) is 0 Å². The Balaban J connectivity index is 2.12. The average Bonchev–Trinajstić information content (AvgIpc) is 2.63. The maximum Gasteiger partial charge on any atom is 0.233 e. The number of para-hydroxylation sites is 1. The molecular weight excluding hydrogens is 334 g/mol. The maximum atomic E-state index is 12.6. The van der Waals surface area contributed by atoms with Crippen LogP contribution in [0, 0.1) is 0 Å². The van der Waals surface area contributed by atoms with Crippen molar-refractivity contribution in [2.75, 3.05) is 13.6 Å². The SMILES string of the molecule is CCCCCCCN1C(=O)CC(C(=O)NC)SC1=Nc1ccccc1. The molecule has 1 aliphatic heterocycles. The summed E-state index contributed by atoms with van der Waals surface area (Å²) in [5, 5.41) is 2.86. The minimum atomic E-state index is -0.406. The van der Waals surface area contributed by atoms with Crippen LogP contribution in [0.15, 0.2) is 35.3 Å². The number of nitrogens with one attached hydrogen (secondary N) is 1. The molecule has 1 aromatic rings. The molecular formula is C19H27N3O2S. The second-order valence-corrected chi connectivity index (χ2v) is 7.28. The standard InChI is InChI=1S/C19H27N3O2S/c1-3-4-5-6-10-13-22-17(23)14-16(18(24)20-2)25-19(22)21-15-11-8-7-9-12-15/h7-9,11-12,16H,3-6,10,13-14H2,1-2H3,(H,20,24). The Morgan fingerprint density at radius 3 is 2.64 bits per heavy atom. The monoisotopic (exact) mass is 361 g/mol. The van der Waals surface area contributed by atoms with Gasteiger partial charge in [0.15, 0.2) is 5.17 Å². The van der Waals surface area contributed by atoms with E-state index in [2.05, 4.69) is 17.2 Å². The smallest absolute Gasteiger partial charge is 0.233 e. The van der Waals surface area contributed by atoms with Gasteiger partial charge in [0.25, 0.3) is 0 Å². The molecule has 5 nitrogen and oxygen atoms in total. The van der Waals surface area contributed by atoms with Crippen LogP contribution in [0.4, 0.5) is 5.69 Å². The Labute approximate surface area is 154 Å². The van der Waals surface area contributed by atoms with Crippen molar-refractivity contribution in [1.82, 2.24) is 10.2 Å². The van der Waals surface area contributed by atoms with Gasteiger partial charge in [-0.25, -0.2) is 4.99 Å². The number of amidine groups is 1. The number of nitrogens with zero attached hydrogens (tertiary/aromatic N) is 2. The number of aliphatic imine (C=N–C) groups is 1. The van der Waals surface area contributed by atoms with Crippen LogP contribution in [0.25, 0.3) is 0 Å². The van der Waals surface area contributed by atoms with Crippen molar-refractivity contribution in [2.24, 2.45) is 4.99 Å². The van der Waals surface area contributed by atoms with E-state index >= 15 is 0 Å². The largest absolute Gasteiger partial charge is 0.358 e. The van der Waals surface area contributed by atoms with Crippen LogP contribution in [0.5, 0.6) is 0 Å². The predicted octanol–water partition coefficient (Wildman–Crippen LogP) is 3.72. The molecule has 0 aliphatic carbocycles. The zero-order valence-electron chi connectivity index (χ0n) is 15.0. The second kappa shape index (κ2) is 10.2. The molecule has 2 amide bonds. The van der Waals surface area contributed by atoms with Gasteiger partial charge in [0, 0.05) is 20.0 Å². The molecule has 1 fully saturated rings. The molecule has 1 aromatic carbocycles. The highest BCUT2D eigenvalue weighted by Crippen LogP contribution is 2.29. The molecule has 1 N–H and O–H groups in total. The predicted molar refractivity (Wildman–Crippen MR) is 104 cm³/mol. The van der Waals surface area contributed by atoms with Crippen molar-refractivity contribution in [3.63, 3.8) is 0 Å². The number of carbonyl (C=O) groups is 2. The van der Waals surface area contributed by atoms with Gasteiger partial charge in [0.1, 0.15) is 0 Å². The summed E-state index contributed by atoms with van der Waals surface area (Å²) in [7, 11) is 1.60. The van der Waals surface area contributed by atoms with Crippen LogP contribution in [-0.4, -0.2) is 40.7 Å². The Morgan fingerprint density at radius 2 is 1.96 bits per heavy atom. The first-order valence-corrected chi connectivity index (χ1v) is 9.86. The van der Waals surface area contributed by atoms with Gasteiger partial charge >= 0.3 is 0 Å². The highest BCUT2D eigenvalue weighted by Gasteiger charge is 2.35. The summed E-state index contributed by atoms with van der Waals surface area (Å²) < 4.78 is 0. The van der Waals surface area contributed by atoms with Crippen molar-refractivity contribution in [2.45, 2.75) is 50.7 Å². The first-order valence-electron chi connectivity index (χ1n) is 8.98. The van der Waals surface area contributed by atoms with Gasteiger partial charge in [0.05, 0.1) is 10.9 Å². The van der Waals surface area contributed by atoms with Gasteiger partial charge < -0.3 is 5.32 Å². The van der Waals surface area contributed by atoms with Crippen molar-refractivity contribution in [3.05, 3.63) is 30.3 Å². The summed E-state index contributed by atoms with van der Waals surface area (Å²) in [6, 6.07) is 9.57. The molecule has 1 saturated heterocycles. The highest BCUT2D eigenvalue weighted by molar-refractivity contribution is 8.15. The molecule has 0 saturated carbocycles. The van der Waals surface area contributed by atoms with E-state index in [9.17, 15) is 9.59 Å². The minimum Gasteiger partial charge on any atom is -0.358 e. The maximum absolute atomic E-state index is 12.6. The summed E-state index contributed by atoms with van der Waals surface area (Å²) in [5.74, 6) is -0.140. The highest BCUT2D eigenvalue weighted by atomic mass is 32.2. The topological polar surface area (TPSA) is 61.8 Å². The van der Waals surface area contributed by atoms with E-state index in [1.165, 1.54) is 31.0 Å². The fourth-order valence-corrected chi connectivity index (χ4v) is 3.89. The quantitative estimate of drug-likeness (QED) is 0.718. The van der Waals surface area contributed by atoms with E-state index in [1.54, 1.807) is 11.9 Å². The van der Waals surface area contributed by atoms with Gasteiger partial charge in [-0.1, -0.05) is 62.6 Å². The summed E-state index contributed by atoms with van der Waals surface area (Å²) in [6.45, 7) is 2.86. The number of hydrogen-bond donors (Lipinski definition) is 1. The summed E-state index contributed by atoms with van der Waals surface area (Å²) in [5.41, 5.74) is 0.798. The molecule has 2 rings (SSSR count). The van der Waals surface area contributed by atoms with Gasteiger partial charge in [0.2, 0.25) is 11.8 Å². The molecule has 6 heteroatoms. The number of benzene rings is 1. The first-order chi connectivity index (χ1) is 12.2. The van der Waals surface area contributed by atoms with Gasteiger partial charge in [-0.2, -0.15) is 0 Å². The Hall–Kier alpha value is -1.82. The van der Waals surface area contributed by atoms with Crippen molar-refractivity contribution in [1.29, 1.82) is 0 Å². The zero-order chi connectivity index (χ0) is 18.1. The number of unbranched alkanes of at least 4 members (excludes halogenated alkanes) is 4. The fraction of sp³-hybridized carbons (Fsp3) is 0.526. The summed E-state index contributed by atoms with van der Waals surface area (Å²) in [6.07, 6.45) is 5.93. The van der Waals surface area contributed by atoms with E-state index < -0.39 is 5.25 Å². The molecule has 1 unspecified atom stereocenters. The fourth-order valence-electron chi connectivity index (χ4n) is 2.71. The minimum absolute atomic E-state index is 0.0162. The first kappa shape index (κ1) is 19.5. The number of carbonyl (C=O) groups excluding carboxylic acids is 2. The molecule has 0 bridgehead atoms. The molecule has 1 heterocycles. The van der Waals surface area contributed by atoms with Crippen molar-refractivity contribution >= 4 is 34.4 Å². The molecule has 1 atom stereocenters. The third kappa shape index (κ3) is 5.88. The van der Waals surface area contributed by atoms with E-state index in [-0.39, 0.29) is 18.2 Å². The third-order valence-electron chi connectivity index (χ3n) is 4.14. The molecule has 25 heavy (non-hydrogen) atoms. The number of hydrogen-bond acceptors (Lipinski definition) is 4. The Bertz CT molecular complexity index is 604. The molecule has 1 aliphatic rings. The van der Waals surface area contributed by atoms with Crippen LogP contribution >= 0.6 is 11.8 Å². The van der Waals surface area contributed by atoms with E-state index in [4.69, 9.17) is 0 Å². The van der Waals surface area contributed by atoms with Crippen LogP contribution in [0.1, 0.15) is 45.4 Å². The molecule has 0 aromatic heterocycles. The number of rotatable bonds is 8. The van der Waals surface area contributed by atoms with Crippen molar-refractivity contribution < 1.29 is 9.59 Å². The lowest BCUT2D eigenvalue weighted by molar-refractivity contribution is -0.130. The third-order valence-corrected chi connectivity index (χ3v) is 5.33. The van der Waals surface area contributed by atoms with E-state index in [0.29, 0.717) is 11.7 Å². The lowest BCUT2D eigenvalue weighted by Gasteiger charge is -2.31. The molecule has 0 spiro atoms. The van der Waals surface area contributed by atoms with Crippen LogP contribution in [0.3, 0.4) is 0 Å². The zero-order valence-corrected chi connectivity index (χ0v) is 15.8. The number of thioether (sulfide) groups is 1. The second-order valence-electron chi connectivity index (χ2n) is 6.11. The van der Waals surface area contributed by atoms with E-state index in [0.717, 1.165) is 18.5 Å². The van der Waals surface area contributed by atoms with Gasteiger partial charge in [-0.3, -0.25) is 14.5 Å². The summed E-state index contributed by atoms with van der Waals surface area (Å²) >= 11 is 1.38. The summed E-state index contributed by atoms with van der Waals surface area (Å²) in [4.78, 5) is 31.0. The average molecular weight is 362 g/mol. The normalized spacial score (nSPS) is 19.3.